The molecule has 0 saturated heterocycles. The molecule has 6 aromatic carbocycles. The SMILES string of the molecule is c1ccc(-n2c3ccccc3c3cc(-c4cccc(-n5c6ccccc6c6ccc(-c7cccc8cccnc78)cc65)c4)ncc32)cc1. The molecule has 10 rings (SSSR count). The number of hydrogen-bond acceptors (Lipinski definition) is 2. The number of hydrogen-bond donors (Lipinski definition) is 0. The van der Waals surface area contributed by atoms with Crippen molar-refractivity contribution < 1.29 is 0 Å². The fraction of sp³-hybridized carbons (Fsp3) is 0. The van der Waals surface area contributed by atoms with E-state index in [1.54, 1.807) is 0 Å². The van der Waals surface area contributed by atoms with Crippen LogP contribution < -0.4 is 0 Å². The number of pyridine rings is 2. The number of nitrogens with zero attached hydrogens (tertiary/aromatic N) is 4. The Balaban J connectivity index is 1.16. The Bertz CT molecular complexity index is 2840. The molecule has 10 aromatic rings. The van der Waals surface area contributed by atoms with Gasteiger partial charge >= 0.3 is 0 Å². The minimum atomic E-state index is 0.948. The van der Waals surface area contributed by atoms with Crippen LogP contribution in [0.25, 0.3) is 88.3 Å². The smallest absolute Gasteiger partial charge is 0.0780 e. The second-order valence-electron chi connectivity index (χ2n) is 12.3. The van der Waals surface area contributed by atoms with Gasteiger partial charge in [0.2, 0.25) is 0 Å². The predicted molar refractivity (Wildman–Crippen MR) is 199 cm³/mol. The van der Waals surface area contributed by atoms with Crippen LogP contribution in [0.1, 0.15) is 0 Å². The average molecular weight is 613 g/mol. The number of aromatic nitrogens is 4. The lowest BCUT2D eigenvalue weighted by molar-refractivity contribution is 1.16. The Kier molecular flexibility index (Phi) is 5.84. The van der Waals surface area contributed by atoms with Crippen LogP contribution in [-0.2, 0) is 0 Å². The molecule has 0 unspecified atom stereocenters. The van der Waals surface area contributed by atoms with Crippen LogP contribution in [0.2, 0.25) is 0 Å². The zero-order valence-electron chi connectivity index (χ0n) is 26.0. The maximum absolute atomic E-state index is 5.05. The molecule has 0 N–H and O–H groups in total. The quantitative estimate of drug-likeness (QED) is 0.198. The van der Waals surface area contributed by atoms with Gasteiger partial charge in [-0.1, -0.05) is 103 Å². The summed E-state index contributed by atoms with van der Waals surface area (Å²) in [6.45, 7) is 0. The van der Waals surface area contributed by atoms with Gasteiger partial charge in [-0.3, -0.25) is 9.97 Å². The van der Waals surface area contributed by atoms with E-state index in [-0.39, 0.29) is 0 Å². The van der Waals surface area contributed by atoms with Gasteiger partial charge in [-0.05, 0) is 60.2 Å². The molecule has 0 atom stereocenters. The van der Waals surface area contributed by atoms with E-state index in [2.05, 4.69) is 161 Å². The third-order valence-corrected chi connectivity index (χ3v) is 9.59. The van der Waals surface area contributed by atoms with Crippen LogP contribution in [0, 0.1) is 0 Å². The van der Waals surface area contributed by atoms with Gasteiger partial charge in [0.25, 0.3) is 0 Å². The van der Waals surface area contributed by atoms with Crippen molar-refractivity contribution in [3.63, 3.8) is 0 Å². The summed E-state index contributed by atoms with van der Waals surface area (Å²) >= 11 is 0. The van der Waals surface area contributed by atoms with Crippen LogP contribution in [-0.4, -0.2) is 19.1 Å². The minimum Gasteiger partial charge on any atom is -0.309 e. The third kappa shape index (κ3) is 4.03. The lowest BCUT2D eigenvalue weighted by Gasteiger charge is -2.12. The predicted octanol–water partition coefficient (Wildman–Crippen LogP) is 11.2. The fourth-order valence-corrected chi connectivity index (χ4v) is 7.44. The summed E-state index contributed by atoms with van der Waals surface area (Å²) < 4.78 is 4.69. The van der Waals surface area contributed by atoms with E-state index in [1.165, 1.54) is 32.6 Å². The van der Waals surface area contributed by atoms with E-state index in [9.17, 15) is 0 Å². The van der Waals surface area contributed by atoms with Crippen molar-refractivity contribution in [2.24, 2.45) is 0 Å². The van der Waals surface area contributed by atoms with Crippen molar-refractivity contribution in [1.82, 2.24) is 19.1 Å². The van der Waals surface area contributed by atoms with Crippen molar-refractivity contribution in [2.45, 2.75) is 0 Å². The number of para-hydroxylation sites is 4. The highest BCUT2D eigenvalue weighted by Gasteiger charge is 2.17. The molecule has 4 nitrogen and oxygen atoms in total. The summed E-state index contributed by atoms with van der Waals surface area (Å²) in [7, 11) is 0. The summed E-state index contributed by atoms with van der Waals surface area (Å²) in [6, 6.07) is 56.1. The molecular weight excluding hydrogens is 585 g/mol. The molecule has 0 radical (unpaired) electrons. The van der Waals surface area contributed by atoms with Gasteiger partial charge in [-0.15, -0.1) is 0 Å². The van der Waals surface area contributed by atoms with Gasteiger partial charge in [0.15, 0.2) is 0 Å². The van der Waals surface area contributed by atoms with E-state index in [1.807, 2.05) is 18.5 Å². The highest BCUT2D eigenvalue weighted by Crippen LogP contribution is 2.38. The van der Waals surface area contributed by atoms with Gasteiger partial charge in [0, 0.05) is 55.6 Å². The van der Waals surface area contributed by atoms with E-state index in [4.69, 9.17) is 9.97 Å². The Morgan fingerprint density at radius 3 is 1.94 bits per heavy atom. The lowest BCUT2D eigenvalue weighted by atomic mass is 10.0. The van der Waals surface area contributed by atoms with Crippen molar-refractivity contribution in [2.75, 3.05) is 0 Å². The maximum Gasteiger partial charge on any atom is 0.0780 e. The largest absolute Gasteiger partial charge is 0.309 e. The number of fused-ring (bicyclic) bond motifs is 7. The van der Waals surface area contributed by atoms with Gasteiger partial charge in [-0.25, -0.2) is 0 Å². The van der Waals surface area contributed by atoms with Gasteiger partial charge in [0.1, 0.15) is 0 Å². The van der Waals surface area contributed by atoms with Crippen molar-refractivity contribution in [3.8, 4) is 33.8 Å². The molecule has 0 fully saturated rings. The second kappa shape index (κ2) is 10.5. The zero-order valence-corrected chi connectivity index (χ0v) is 26.0. The van der Waals surface area contributed by atoms with Gasteiger partial charge < -0.3 is 9.13 Å². The van der Waals surface area contributed by atoms with Crippen molar-refractivity contribution in [1.29, 1.82) is 0 Å². The summed E-state index contributed by atoms with van der Waals surface area (Å²) in [6.07, 6.45) is 3.90. The van der Waals surface area contributed by atoms with Crippen LogP contribution >= 0.6 is 0 Å². The number of benzene rings is 6. The summed E-state index contributed by atoms with van der Waals surface area (Å²) in [5.74, 6) is 0. The van der Waals surface area contributed by atoms with Crippen LogP contribution in [0.3, 0.4) is 0 Å². The highest BCUT2D eigenvalue weighted by atomic mass is 15.0. The molecule has 0 bridgehead atoms. The summed E-state index contributed by atoms with van der Waals surface area (Å²) in [4.78, 5) is 9.80. The van der Waals surface area contributed by atoms with Crippen LogP contribution in [0.5, 0.6) is 0 Å². The Labute approximate surface area is 276 Å². The van der Waals surface area contributed by atoms with Crippen LogP contribution in [0.4, 0.5) is 0 Å². The molecular formula is C44H28N4. The molecule has 0 aliphatic carbocycles. The fourth-order valence-electron chi connectivity index (χ4n) is 7.44. The summed E-state index contributed by atoms with van der Waals surface area (Å²) in [5.41, 5.74) is 12.1. The first-order valence-electron chi connectivity index (χ1n) is 16.2. The molecule has 0 amide bonds. The number of rotatable bonds is 4. The topological polar surface area (TPSA) is 35.6 Å². The zero-order chi connectivity index (χ0) is 31.6. The van der Waals surface area contributed by atoms with Crippen molar-refractivity contribution in [3.05, 3.63) is 170 Å². The standard InChI is InChI=1S/C44H28N4/c1-2-14-32(15-3-1)47-41-21-7-5-18-36(41)38-27-39(46-28-43(38)47)31-12-8-16-33(25-31)48-40-20-6-4-17-35(40)37-23-22-30(26-42(37)48)34-19-9-11-29-13-10-24-45-44(29)34/h1-28H. The first kappa shape index (κ1) is 26.7. The van der Waals surface area contributed by atoms with E-state index < -0.39 is 0 Å². The molecule has 48 heavy (non-hydrogen) atoms. The van der Waals surface area contributed by atoms with E-state index in [0.717, 1.165) is 55.7 Å². The Morgan fingerprint density at radius 2 is 1.08 bits per heavy atom. The molecule has 0 spiro atoms. The normalized spacial score (nSPS) is 11.8. The van der Waals surface area contributed by atoms with Gasteiger partial charge in [0.05, 0.1) is 39.5 Å². The molecule has 0 aliphatic heterocycles. The monoisotopic (exact) mass is 612 g/mol. The second-order valence-corrected chi connectivity index (χ2v) is 12.3. The first-order valence-corrected chi connectivity index (χ1v) is 16.2. The Hall–Kier alpha value is -6.52. The lowest BCUT2D eigenvalue weighted by Crippen LogP contribution is -1.96. The maximum atomic E-state index is 5.05. The average Bonchev–Trinajstić information content (AvgIpc) is 3.67. The first-order chi connectivity index (χ1) is 23.8. The molecule has 4 heterocycles. The Morgan fingerprint density at radius 1 is 0.396 bits per heavy atom. The molecule has 4 heteroatoms. The molecule has 224 valence electrons. The third-order valence-electron chi connectivity index (χ3n) is 9.59. The summed E-state index contributed by atoms with van der Waals surface area (Å²) in [5, 5.41) is 6.00. The molecule has 4 aromatic heterocycles. The minimum absolute atomic E-state index is 0.948. The van der Waals surface area contributed by atoms with Crippen LogP contribution in [0.15, 0.2) is 170 Å². The highest BCUT2D eigenvalue weighted by molar-refractivity contribution is 6.12. The van der Waals surface area contributed by atoms with E-state index >= 15 is 0 Å². The molecule has 0 saturated carbocycles. The van der Waals surface area contributed by atoms with Gasteiger partial charge in [-0.2, -0.15) is 0 Å². The van der Waals surface area contributed by atoms with E-state index in [0.29, 0.717) is 0 Å². The van der Waals surface area contributed by atoms with Crippen molar-refractivity contribution >= 4 is 54.5 Å². The molecule has 0 aliphatic rings.